The smallest absolute Gasteiger partial charge is 0.142 e. The zero-order valence-corrected chi connectivity index (χ0v) is 9.84. The van der Waals surface area contributed by atoms with Crippen molar-refractivity contribution in [2.75, 3.05) is 5.73 Å². The van der Waals surface area contributed by atoms with Gasteiger partial charge in [0, 0.05) is 12.2 Å². The van der Waals surface area contributed by atoms with Crippen LogP contribution in [0.4, 0.5) is 14.5 Å². The van der Waals surface area contributed by atoms with E-state index in [1.807, 2.05) is 6.92 Å². The summed E-state index contributed by atoms with van der Waals surface area (Å²) in [7, 11) is 0. The lowest BCUT2D eigenvalue weighted by Crippen LogP contribution is -1.99. The monoisotopic (exact) mass is 256 g/mol. The van der Waals surface area contributed by atoms with Crippen molar-refractivity contribution in [3.8, 4) is 0 Å². The van der Waals surface area contributed by atoms with E-state index in [2.05, 4.69) is 10.3 Å². The summed E-state index contributed by atoms with van der Waals surface area (Å²) in [6.45, 7) is 2.45. The minimum absolute atomic E-state index is 0.0616. The Balaban J connectivity index is 2.36. The maximum absolute atomic E-state index is 13.5. The zero-order valence-electron chi connectivity index (χ0n) is 9.02. The first-order valence-electron chi connectivity index (χ1n) is 4.92. The molecular formula is C10H10F2N4S. The molecule has 0 spiro atoms. The van der Waals surface area contributed by atoms with Crippen LogP contribution in [0.15, 0.2) is 28.3 Å². The molecule has 2 N–H and O–H groups in total. The molecule has 2 aromatic rings. The van der Waals surface area contributed by atoms with Crippen LogP contribution in [-0.4, -0.2) is 15.0 Å². The van der Waals surface area contributed by atoms with E-state index in [-0.39, 0.29) is 10.6 Å². The summed E-state index contributed by atoms with van der Waals surface area (Å²) in [6, 6.07) is 2.18. The number of nitrogens with two attached hydrogens (primary N) is 1. The predicted octanol–water partition coefficient (Wildman–Crippen LogP) is 2.31. The Bertz CT molecular complexity index is 518. The maximum atomic E-state index is 13.5. The number of rotatable bonds is 3. The van der Waals surface area contributed by atoms with Crippen molar-refractivity contribution in [2.45, 2.75) is 23.4 Å². The van der Waals surface area contributed by atoms with Gasteiger partial charge in [0.15, 0.2) is 0 Å². The van der Waals surface area contributed by atoms with Gasteiger partial charge in [-0.2, -0.15) is 0 Å². The number of hydrogen-bond acceptors (Lipinski definition) is 4. The lowest BCUT2D eigenvalue weighted by atomic mass is 10.3. The fourth-order valence-electron chi connectivity index (χ4n) is 1.33. The molecule has 0 aliphatic carbocycles. The molecule has 0 aliphatic heterocycles. The van der Waals surface area contributed by atoms with Gasteiger partial charge >= 0.3 is 0 Å². The summed E-state index contributed by atoms with van der Waals surface area (Å²) in [4.78, 5) is -0.101. The van der Waals surface area contributed by atoms with Crippen LogP contribution in [0.1, 0.15) is 6.92 Å². The van der Waals surface area contributed by atoms with Gasteiger partial charge in [0.05, 0.1) is 11.1 Å². The average Bonchev–Trinajstić information content (AvgIpc) is 2.70. The van der Waals surface area contributed by atoms with Gasteiger partial charge in [-0.15, -0.1) is 5.10 Å². The number of aryl methyl sites for hydroxylation is 1. The Labute approximate surface area is 101 Å². The van der Waals surface area contributed by atoms with Crippen molar-refractivity contribution < 1.29 is 8.78 Å². The van der Waals surface area contributed by atoms with Crippen LogP contribution >= 0.6 is 11.8 Å². The fourth-order valence-corrected chi connectivity index (χ4v) is 2.22. The van der Waals surface area contributed by atoms with E-state index in [4.69, 9.17) is 5.73 Å². The first-order valence-corrected chi connectivity index (χ1v) is 5.74. The summed E-state index contributed by atoms with van der Waals surface area (Å²) in [6.07, 6.45) is 1.46. The normalized spacial score (nSPS) is 10.8. The lowest BCUT2D eigenvalue weighted by molar-refractivity contribution is 0.539. The van der Waals surface area contributed by atoms with Crippen molar-refractivity contribution in [3.63, 3.8) is 0 Å². The molecule has 1 aromatic heterocycles. The third-order valence-corrected chi connectivity index (χ3v) is 3.23. The van der Waals surface area contributed by atoms with Crippen LogP contribution in [0, 0.1) is 11.6 Å². The largest absolute Gasteiger partial charge is 0.399 e. The van der Waals surface area contributed by atoms with E-state index in [1.54, 1.807) is 4.68 Å². The standard InChI is InChI=1S/C10H10F2N4S/c1-2-16-9(5-14-15-16)17-10-7(11)3-6(13)4-8(10)12/h3-5H,2,13H2,1H3. The van der Waals surface area contributed by atoms with Gasteiger partial charge in [-0.25, -0.2) is 13.5 Å². The fraction of sp³-hybridized carbons (Fsp3) is 0.200. The van der Waals surface area contributed by atoms with Crippen molar-refractivity contribution in [3.05, 3.63) is 30.0 Å². The Morgan fingerprint density at radius 1 is 1.35 bits per heavy atom. The number of benzene rings is 1. The Morgan fingerprint density at radius 3 is 2.59 bits per heavy atom. The van der Waals surface area contributed by atoms with Gasteiger partial charge < -0.3 is 5.73 Å². The number of halogens is 2. The second-order valence-corrected chi connectivity index (χ2v) is 4.33. The number of nitrogen functional groups attached to an aromatic ring is 1. The van der Waals surface area contributed by atoms with Crippen molar-refractivity contribution in [1.82, 2.24) is 15.0 Å². The van der Waals surface area contributed by atoms with Crippen LogP contribution in [0.3, 0.4) is 0 Å². The molecule has 7 heteroatoms. The average molecular weight is 256 g/mol. The quantitative estimate of drug-likeness (QED) is 0.856. The molecule has 0 bridgehead atoms. The minimum Gasteiger partial charge on any atom is -0.399 e. The molecule has 0 saturated carbocycles. The van der Waals surface area contributed by atoms with Crippen molar-refractivity contribution in [1.29, 1.82) is 0 Å². The van der Waals surface area contributed by atoms with E-state index in [9.17, 15) is 8.78 Å². The summed E-state index contributed by atoms with van der Waals surface area (Å²) in [5.41, 5.74) is 5.40. The molecule has 17 heavy (non-hydrogen) atoms. The summed E-state index contributed by atoms with van der Waals surface area (Å²) >= 11 is 0.940. The molecule has 2 rings (SSSR count). The van der Waals surface area contributed by atoms with Gasteiger partial charge in [0.2, 0.25) is 0 Å². The van der Waals surface area contributed by atoms with Crippen LogP contribution in [0.5, 0.6) is 0 Å². The lowest BCUT2D eigenvalue weighted by Gasteiger charge is -2.06. The second-order valence-electron chi connectivity index (χ2n) is 3.30. The van der Waals surface area contributed by atoms with E-state index in [1.165, 1.54) is 6.20 Å². The topological polar surface area (TPSA) is 56.7 Å². The van der Waals surface area contributed by atoms with Crippen LogP contribution < -0.4 is 5.73 Å². The van der Waals surface area contributed by atoms with Crippen LogP contribution in [0.25, 0.3) is 0 Å². The third-order valence-electron chi connectivity index (χ3n) is 2.11. The second kappa shape index (κ2) is 4.70. The molecule has 90 valence electrons. The highest BCUT2D eigenvalue weighted by atomic mass is 32.2. The third kappa shape index (κ3) is 2.38. The molecule has 0 radical (unpaired) electrons. The van der Waals surface area contributed by atoms with Gasteiger partial charge in [-0.1, -0.05) is 17.0 Å². The van der Waals surface area contributed by atoms with Gasteiger partial charge in [-0.05, 0) is 19.1 Å². The molecule has 1 aromatic carbocycles. The number of aromatic nitrogens is 3. The van der Waals surface area contributed by atoms with Crippen LogP contribution in [0.2, 0.25) is 0 Å². The molecule has 0 atom stereocenters. The molecular weight excluding hydrogens is 246 g/mol. The molecule has 0 amide bonds. The molecule has 1 heterocycles. The minimum atomic E-state index is -0.684. The van der Waals surface area contributed by atoms with E-state index in [0.717, 1.165) is 23.9 Å². The SMILES string of the molecule is CCn1nncc1Sc1c(F)cc(N)cc1F. The van der Waals surface area contributed by atoms with Gasteiger partial charge in [-0.3, -0.25) is 0 Å². The van der Waals surface area contributed by atoms with Crippen molar-refractivity contribution >= 4 is 17.4 Å². The summed E-state index contributed by atoms with van der Waals surface area (Å²) in [5.74, 6) is -1.37. The Hall–Kier alpha value is -1.63. The zero-order chi connectivity index (χ0) is 12.4. The molecule has 0 aliphatic rings. The van der Waals surface area contributed by atoms with E-state index >= 15 is 0 Å². The van der Waals surface area contributed by atoms with Gasteiger partial charge in [0.1, 0.15) is 16.7 Å². The predicted molar refractivity (Wildman–Crippen MR) is 60.6 cm³/mol. The summed E-state index contributed by atoms with van der Waals surface area (Å²) < 4.78 is 28.7. The maximum Gasteiger partial charge on any atom is 0.142 e. The number of hydrogen-bond donors (Lipinski definition) is 1. The highest BCUT2D eigenvalue weighted by molar-refractivity contribution is 7.99. The molecule has 0 fully saturated rings. The molecule has 4 nitrogen and oxygen atoms in total. The first-order chi connectivity index (χ1) is 8.11. The number of anilines is 1. The highest BCUT2D eigenvalue weighted by Crippen LogP contribution is 2.32. The number of nitrogens with zero attached hydrogens (tertiary/aromatic N) is 3. The Morgan fingerprint density at radius 2 is 2.00 bits per heavy atom. The van der Waals surface area contributed by atoms with Crippen LogP contribution in [-0.2, 0) is 6.54 Å². The molecule has 0 unspecified atom stereocenters. The van der Waals surface area contributed by atoms with E-state index < -0.39 is 11.6 Å². The first kappa shape index (κ1) is 11.8. The van der Waals surface area contributed by atoms with E-state index in [0.29, 0.717) is 11.6 Å². The van der Waals surface area contributed by atoms with Crippen molar-refractivity contribution in [2.24, 2.45) is 0 Å². The highest BCUT2D eigenvalue weighted by Gasteiger charge is 2.14. The summed E-state index contributed by atoms with van der Waals surface area (Å²) in [5, 5.41) is 8.05. The Kier molecular flexibility index (Phi) is 3.28. The molecule has 0 saturated heterocycles. The van der Waals surface area contributed by atoms with Gasteiger partial charge in [0.25, 0.3) is 0 Å².